The molecule has 0 radical (unpaired) electrons. The van der Waals surface area contributed by atoms with Crippen molar-refractivity contribution in [3.63, 3.8) is 0 Å². The van der Waals surface area contributed by atoms with Gasteiger partial charge in [-0.05, 0) is 121 Å². The Labute approximate surface area is 275 Å². The lowest BCUT2D eigenvalue weighted by atomic mass is 10.2. The minimum absolute atomic E-state index is 0.116. The first-order valence-corrected chi connectivity index (χ1v) is 16.7. The monoisotopic (exact) mass is 640 g/mol. The quantitative estimate of drug-likeness (QED) is 0.156. The molecular formula is C38H28N2O2S3. The van der Waals surface area contributed by atoms with Crippen molar-refractivity contribution in [1.29, 1.82) is 0 Å². The van der Waals surface area contributed by atoms with E-state index in [4.69, 9.17) is 0 Å². The van der Waals surface area contributed by atoms with Gasteiger partial charge >= 0.3 is 0 Å². The summed E-state index contributed by atoms with van der Waals surface area (Å²) < 4.78 is 0. The van der Waals surface area contributed by atoms with E-state index in [1.165, 1.54) is 9.79 Å². The van der Waals surface area contributed by atoms with Crippen LogP contribution >= 0.6 is 35.3 Å². The molecule has 0 bridgehead atoms. The zero-order valence-corrected chi connectivity index (χ0v) is 26.5. The lowest BCUT2D eigenvalue weighted by Gasteiger charge is -2.08. The molecule has 6 aromatic carbocycles. The fourth-order valence-corrected chi connectivity index (χ4v) is 6.81. The van der Waals surface area contributed by atoms with Crippen molar-refractivity contribution in [2.75, 3.05) is 10.6 Å². The molecule has 0 unspecified atom stereocenters. The molecule has 0 fully saturated rings. The van der Waals surface area contributed by atoms with E-state index in [0.29, 0.717) is 11.1 Å². The predicted octanol–water partition coefficient (Wildman–Crippen LogP) is 10.6. The van der Waals surface area contributed by atoms with Gasteiger partial charge in [0.05, 0.1) is 0 Å². The third-order valence-electron chi connectivity index (χ3n) is 6.65. The molecular weight excluding hydrogens is 613 g/mol. The van der Waals surface area contributed by atoms with Gasteiger partial charge < -0.3 is 10.6 Å². The van der Waals surface area contributed by atoms with Gasteiger partial charge in [-0.1, -0.05) is 71.7 Å². The Hall–Kier alpha value is -4.69. The van der Waals surface area contributed by atoms with Crippen LogP contribution in [0.15, 0.2) is 187 Å². The van der Waals surface area contributed by atoms with Gasteiger partial charge in [-0.25, -0.2) is 0 Å². The van der Waals surface area contributed by atoms with Gasteiger partial charge in [0.2, 0.25) is 0 Å². The summed E-state index contributed by atoms with van der Waals surface area (Å²) in [6, 6.07) is 51.3. The van der Waals surface area contributed by atoms with Gasteiger partial charge in [0.25, 0.3) is 11.8 Å². The highest BCUT2D eigenvalue weighted by Gasteiger charge is 2.07. The number of hydrogen-bond donors (Lipinski definition) is 2. The Morgan fingerprint density at radius 3 is 0.844 bits per heavy atom. The van der Waals surface area contributed by atoms with Crippen molar-refractivity contribution in [2.45, 2.75) is 29.4 Å². The second-order valence-corrected chi connectivity index (χ2v) is 13.4. The molecule has 0 atom stereocenters. The van der Waals surface area contributed by atoms with Crippen molar-refractivity contribution in [2.24, 2.45) is 0 Å². The number of benzene rings is 6. The van der Waals surface area contributed by atoms with E-state index in [1.54, 1.807) is 59.6 Å². The number of nitrogens with one attached hydrogen (secondary N) is 2. The van der Waals surface area contributed by atoms with E-state index in [-0.39, 0.29) is 11.8 Å². The fourth-order valence-electron chi connectivity index (χ4n) is 4.36. The topological polar surface area (TPSA) is 58.2 Å². The molecule has 0 aliphatic heterocycles. The van der Waals surface area contributed by atoms with Crippen LogP contribution in [0.1, 0.15) is 20.7 Å². The molecule has 4 nitrogen and oxygen atoms in total. The number of rotatable bonds is 10. The Morgan fingerprint density at radius 2 is 0.578 bits per heavy atom. The van der Waals surface area contributed by atoms with Crippen LogP contribution in [0.2, 0.25) is 0 Å². The van der Waals surface area contributed by atoms with Crippen molar-refractivity contribution >= 4 is 58.5 Å². The van der Waals surface area contributed by atoms with Gasteiger partial charge in [0.1, 0.15) is 0 Å². The van der Waals surface area contributed by atoms with Gasteiger partial charge in [-0.3, -0.25) is 9.59 Å². The van der Waals surface area contributed by atoms with E-state index in [2.05, 4.69) is 59.2 Å². The lowest BCUT2D eigenvalue weighted by Crippen LogP contribution is -2.11. The lowest BCUT2D eigenvalue weighted by molar-refractivity contribution is 0.101. The average Bonchev–Trinajstić information content (AvgIpc) is 3.09. The minimum atomic E-state index is -0.116. The second kappa shape index (κ2) is 14.9. The van der Waals surface area contributed by atoms with E-state index in [1.807, 2.05) is 84.9 Å². The number of amides is 2. The Balaban J connectivity index is 0.978. The third-order valence-corrected chi connectivity index (χ3v) is 9.70. The molecule has 0 saturated heterocycles. The summed E-state index contributed by atoms with van der Waals surface area (Å²) in [5.74, 6) is -0.232. The summed E-state index contributed by atoms with van der Waals surface area (Å²) in [6.45, 7) is 0. The molecule has 220 valence electrons. The maximum Gasteiger partial charge on any atom is 0.255 e. The van der Waals surface area contributed by atoms with Crippen LogP contribution in [-0.2, 0) is 0 Å². The van der Waals surface area contributed by atoms with Crippen LogP contribution in [-0.4, -0.2) is 11.8 Å². The molecule has 0 aliphatic rings. The van der Waals surface area contributed by atoms with Gasteiger partial charge in [0.15, 0.2) is 0 Å². The molecule has 2 N–H and O–H groups in total. The van der Waals surface area contributed by atoms with Crippen molar-refractivity contribution in [1.82, 2.24) is 0 Å². The van der Waals surface area contributed by atoms with Crippen LogP contribution in [0.5, 0.6) is 0 Å². The van der Waals surface area contributed by atoms with E-state index >= 15 is 0 Å². The largest absolute Gasteiger partial charge is 0.322 e. The molecule has 45 heavy (non-hydrogen) atoms. The highest BCUT2D eigenvalue weighted by Crippen LogP contribution is 2.35. The smallest absolute Gasteiger partial charge is 0.255 e. The first-order valence-electron chi connectivity index (χ1n) is 14.2. The highest BCUT2D eigenvalue weighted by atomic mass is 32.2. The zero-order valence-electron chi connectivity index (χ0n) is 24.1. The van der Waals surface area contributed by atoms with Crippen LogP contribution in [0.4, 0.5) is 11.4 Å². The second-order valence-electron chi connectivity index (χ2n) is 9.94. The molecule has 0 saturated carbocycles. The molecule has 6 rings (SSSR count). The van der Waals surface area contributed by atoms with Crippen LogP contribution < -0.4 is 10.6 Å². The summed E-state index contributed by atoms with van der Waals surface area (Å²) >= 11 is 5.10. The first-order chi connectivity index (χ1) is 22.1. The average molecular weight is 641 g/mol. The maximum absolute atomic E-state index is 12.4. The number of carbonyl (C=O) groups is 2. The van der Waals surface area contributed by atoms with Crippen molar-refractivity contribution in [3.05, 3.63) is 169 Å². The first kappa shape index (κ1) is 30.3. The Bertz CT molecular complexity index is 1720. The van der Waals surface area contributed by atoms with Gasteiger partial charge in [0, 0.05) is 51.9 Å². The molecule has 0 spiro atoms. The van der Waals surface area contributed by atoms with Crippen molar-refractivity contribution in [3.8, 4) is 0 Å². The standard InChI is InChI=1S/C38H28N2O2S3/c41-37(27-7-3-1-4-8-27)39-29-11-15-31(16-12-29)43-33-19-23-35(24-20-33)45-36-25-21-34(22-26-36)44-32-17-13-30(14-18-32)40-38(42)28-9-5-2-6-10-28/h1-26H,(H,39,41)(H,40,42). The minimum Gasteiger partial charge on any atom is -0.322 e. The third kappa shape index (κ3) is 8.70. The Morgan fingerprint density at radius 1 is 0.333 bits per heavy atom. The summed E-state index contributed by atoms with van der Waals surface area (Å²) in [5.41, 5.74) is 2.81. The number of carbonyl (C=O) groups excluding carboxylic acids is 2. The summed E-state index contributed by atoms with van der Waals surface area (Å²) in [4.78, 5) is 31.6. The predicted molar refractivity (Wildman–Crippen MR) is 187 cm³/mol. The normalized spacial score (nSPS) is 10.7. The van der Waals surface area contributed by atoms with Crippen LogP contribution in [0.3, 0.4) is 0 Å². The highest BCUT2D eigenvalue weighted by molar-refractivity contribution is 8.00. The Kier molecular flexibility index (Phi) is 10.0. The number of anilines is 2. The molecule has 7 heteroatoms. The molecule has 0 aliphatic carbocycles. The molecule has 6 aromatic rings. The van der Waals surface area contributed by atoms with Crippen molar-refractivity contribution < 1.29 is 9.59 Å². The van der Waals surface area contributed by atoms with E-state index in [0.717, 1.165) is 31.0 Å². The van der Waals surface area contributed by atoms with Crippen LogP contribution in [0.25, 0.3) is 0 Å². The number of hydrogen-bond acceptors (Lipinski definition) is 5. The summed E-state index contributed by atoms with van der Waals surface area (Å²) in [7, 11) is 0. The molecule has 0 aromatic heterocycles. The van der Waals surface area contributed by atoms with E-state index < -0.39 is 0 Å². The SMILES string of the molecule is O=C(Nc1ccc(Sc2ccc(Sc3ccc(Sc4ccc(NC(=O)c5ccccc5)cc4)cc3)cc2)cc1)c1ccccc1. The fraction of sp³-hybridized carbons (Fsp3) is 0. The summed E-state index contributed by atoms with van der Waals surface area (Å²) in [5, 5.41) is 5.89. The van der Waals surface area contributed by atoms with Crippen LogP contribution in [0, 0.1) is 0 Å². The molecule has 0 heterocycles. The zero-order chi connectivity index (χ0) is 30.8. The van der Waals surface area contributed by atoms with E-state index in [9.17, 15) is 9.59 Å². The summed E-state index contributed by atoms with van der Waals surface area (Å²) in [6.07, 6.45) is 0. The van der Waals surface area contributed by atoms with Gasteiger partial charge in [-0.15, -0.1) is 0 Å². The van der Waals surface area contributed by atoms with Gasteiger partial charge in [-0.2, -0.15) is 0 Å². The molecule has 2 amide bonds. The maximum atomic E-state index is 12.4.